The van der Waals surface area contributed by atoms with Crippen molar-refractivity contribution in [3.63, 3.8) is 0 Å². The van der Waals surface area contributed by atoms with Gasteiger partial charge in [-0.3, -0.25) is 10.1 Å². The normalized spacial score (nSPS) is 11.7. The molecule has 0 atom stereocenters. The Morgan fingerprint density at radius 3 is 2.50 bits per heavy atom. The second-order valence-electron chi connectivity index (χ2n) is 2.84. The van der Waals surface area contributed by atoms with Crippen LogP contribution in [-0.4, -0.2) is 4.92 Å². The SMILES string of the molecule is CCCC/C=C(\CCC)[N+](=O)[O-]. The quantitative estimate of drug-likeness (QED) is 0.350. The summed E-state index contributed by atoms with van der Waals surface area (Å²) in [6.45, 7) is 4.04. The molecule has 70 valence electrons. The Hall–Kier alpha value is -0.860. The third-order valence-corrected chi connectivity index (χ3v) is 1.68. The average Bonchev–Trinajstić information content (AvgIpc) is 2.03. The number of hydrogen-bond acceptors (Lipinski definition) is 2. The van der Waals surface area contributed by atoms with Gasteiger partial charge in [0.2, 0.25) is 5.70 Å². The first kappa shape index (κ1) is 11.1. The van der Waals surface area contributed by atoms with Crippen LogP contribution in [0.15, 0.2) is 11.8 Å². The third-order valence-electron chi connectivity index (χ3n) is 1.68. The highest BCUT2D eigenvalue weighted by Crippen LogP contribution is 2.08. The minimum absolute atomic E-state index is 0.265. The highest BCUT2D eigenvalue weighted by atomic mass is 16.6. The molecule has 0 aromatic heterocycles. The number of hydrogen-bond donors (Lipinski definition) is 0. The van der Waals surface area contributed by atoms with E-state index in [4.69, 9.17) is 0 Å². The summed E-state index contributed by atoms with van der Waals surface area (Å²) < 4.78 is 0. The largest absolute Gasteiger partial charge is 0.259 e. The molecule has 0 unspecified atom stereocenters. The van der Waals surface area contributed by atoms with Crippen molar-refractivity contribution >= 4 is 0 Å². The molecule has 0 aliphatic heterocycles. The lowest BCUT2D eigenvalue weighted by Crippen LogP contribution is -1.97. The molecule has 0 radical (unpaired) electrons. The molecule has 0 aromatic rings. The van der Waals surface area contributed by atoms with E-state index in [1.54, 1.807) is 6.08 Å². The first-order valence-electron chi connectivity index (χ1n) is 4.55. The van der Waals surface area contributed by atoms with Crippen LogP contribution >= 0.6 is 0 Å². The lowest BCUT2D eigenvalue weighted by atomic mass is 10.2. The van der Waals surface area contributed by atoms with Crippen molar-refractivity contribution in [1.82, 2.24) is 0 Å². The van der Waals surface area contributed by atoms with Gasteiger partial charge in [0.25, 0.3) is 0 Å². The summed E-state index contributed by atoms with van der Waals surface area (Å²) >= 11 is 0. The average molecular weight is 171 g/mol. The van der Waals surface area contributed by atoms with Crippen molar-refractivity contribution in [2.45, 2.75) is 46.0 Å². The number of nitrogens with zero attached hydrogens (tertiary/aromatic N) is 1. The van der Waals surface area contributed by atoms with Gasteiger partial charge in [-0.15, -0.1) is 0 Å². The molecule has 0 amide bonds. The second kappa shape index (κ2) is 6.83. The molecule has 0 aliphatic rings. The number of unbranched alkanes of at least 4 members (excludes halogenated alkanes) is 2. The second-order valence-corrected chi connectivity index (χ2v) is 2.84. The Labute approximate surface area is 73.6 Å². The zero-order valence-corrected chi connectivity index (χ0v) is 7.88. The Bertz CT molecular complexity index is 164. The Kier molecular flexibility index (Phi) is 6.34. The summed E-state index contributed by atoms with van der Waals surface area (Å²) in [6.07, 6.45) is 6.17. The van der Waals surface area contributed by atoms with Crippen LogP contribution in [0, 0.1) is 10.1 Å². The maximum atomic E-state index is 10.4. The van der Waals surface area contributed by atoms with Crippen LogP contribution in [0.3, 0.4) is 0 Å². The lowest BCUT2D eigenvalue weighted by molar-refractivity contribution is -0.428. The molecule has 0 aromatic carbocycles. The number of allylic oxidation sites excluding steroid dienone is 2. The molecule has 0 saturated carbocycles. The summed E-state index contributed by atoms with van der Waals surface area (Å²) in [5.74, 6) is 0. The van der Waals surface area contributed by atoms with Crippen molar-refractivity contribution in [3.8, 4) is 0 Å². The molecule has 0 spiro atoms. The van der Waals surface area contributed by atoms with Gasteiger partial charge in [0.1, 0.15) is 0 Å². The lowest BCUT2D eigenvalue weighted by Gasteiger charge is -1.95. The van der Waals surface area contributed by atoms with Gasteiger partial charge >= 0.3 is 0 Å². The van der Waals surface area contributed by atoms with E-state index in [2.05, 4.69) is 6.92 Å². The van der Waals surface area contributed by atoms with Gasteiger partial charge in [-0.2, -0.15) is 0 Å². The Balaban J connectivity index is 3.90. The smallest absolute Gasteiger partial charge is 0.242 e. The molecule has 0 aliphatic carbocycles. The summed E-state index contributed by atoms with van der Waals surface area (Å²) in [5, 5.41) is 10.4. The molecule has 0 heterocycles. The fourth-order valence-electron chi connectivity index (χ4n) is 0.997. The molecular weight excluding hydrogens is 154 g/mol. The van der Waals surface area contributed by atoms with E-state index in [1.165, 1.54) is 0 Å². The van der Waals surface area contributed by atoms with Crippen LogP contribution in [0.1, 0.15) is 46.0 Å². The summed E-state index contributed by atoms with van der Waals surface area (Å²) in [4.78, 5) is 10.2. The van der Waals surface area contributed by atoms with Crippen molar-refractivity contribution in [2.75, 3.05) is 0 Å². The first-order chi connectivity index (χ1) is 5.72. The van der Waals surface area contributed by atoms with Crippen molar-refractivity contribution in [2.24, 2.45) is 0 Å². The van der Waals surface area contributed by atoms with Gasteiger partial charge in [-0.05, 0) is 25.3 Å². The minimum Gasteiger partial charge on any atom is -0.259 e. The Morgan fingerprint density at radius 2 is 2.08 bits per heavy atom. The van der Waals surface area contributed by atoms with Gasteiger partial charge < -0.3 is 0 Å². The third kappa shape index (κ3) is 4.88. The summed E-state index contributed by atoms with van der Waals surface area (Å²) in [6, 6.07) is 0. The van der Waals surface area contributed by atoms with E-state index in [9.17, 15) is 10.1 Å². The van der Waals surface area contributed by atoms with Crippen LogP contribution in [0.4, 0.5) is 0 Å². The maximum absolute atomic E-state index is 10.4. The van der Waals surface area contributed by atoms with Crippen LogP contribution in [-0.2, 0) is 0 Å². The highest BCUT2D eigenvalue weighted by molar-refractivity contribution is 4.90. The Morgan fingerprint density at radius 1 is 1.42 bits per heavy atom. The van der Waals surface area contributed by atoms with Gasteiger partial charge in [0.05, 0.1) is 4.92 Å². The number of rotatable bonds is 6. The molecule has 0 bridgehead atoms. The van der Waals surface area contributed by atoms with Crippen LogP contribution < -0.4 is 0 Å². The predicted molar refractivity (Wildman–Crippen MR) is 49.5 cm³/mol. The highest BCUT2D eigenvalue weighted by Gasteiger charge is 2.06. The molecule has 0 rings (SSSR count). The molecule has 3 nitrogen and oxygen atoms in total. The minimum atomic E-state index is -0.265. The van der Waals surface area contributed by atoms with E-state index in [0.29, 0.717) is 12.1 Å². The monoisotopic (exact) mass is 171 g/mol. The topological polar surface area (TPSA) is 43.1 Å². The fraction of sp³-hybridized carbons (Fsp3) is 0.778. The van der Waals surface area contributed by atoms with Crippen LogP contribution in [0.5, 0.6) is 0 Å². The van der Waals surface area contributed by atoms with Crippen molar-refractivity contribution < 1.29 is 4.92 Å². The first-order valence-corrected chi connectivity index (χ1v) is 4.55. The van der Waals surface area contributed by atoms with Gasteiger partial charge in [0, 0.05) is 6.42 Å². The molecule has 0 N–H and O–H groups in total. The molecule has 3 heteroatoms. The van der Waals surface area contributed by atoms with E-state index >= 15 is 0 Å². The molecule has 12 heavy (non-hydrogen) atoms. The molecule has 0 saturated heterocycles. The van der Waals surface area contributed by atoms with E-state index in [-0.39, 0.29) is 4.92 Å². The molecular formula is C9H17NO2. The standard InChI is InChI=1S/C9H17NO2/c1-3-5-6-8-9(7-4-2)10(11)12/h8H,3-7H2,1-2H3/b9-8+. The van der Waals surface area contributed by atoms with Crippen LogP contribution in [0.2, 0.25) is 0 Å². The van der Waals surface area contributed by atoms with E-state index < -0.39 is 0 Å². The zero-order chi connectivity index (χ0) is 9.40. The van der Waals surface area contributed by atoms with Gasteiger partial charge in [-0.1, -0.05) is 20.3 Å². The summed E-state index contributed by atoms with van der Waals surface area (Å²) in [7, 11) is 0. The number of nitro groups is 1. The fourth-order valence-corrected chi connectivity index (χ4v) is 0.997. The van der Waals surface area contributed by atoms with E-state index in [1.807, 2.05) is 6.92 Å². The van der Waals surface area contributed by atoms with Crippen molar-refractivity contribution in [3.05, 3.63) is 21.9 Å². The van der Waals surface area contributed by atoms with E-state index in [0.717, 1.165) is 25.7 Å². The predicted octanol–water partition coefficient (Wildman–Crippen LogP) is 3.14. The summed E-state index contributed by atoms with van der Waals surface area (Å²) in [5.41, 5.74) is 0.381. The molecule has 0 fully saturated rings. The van der Waals surface area contributed by atoms with Crippen molar-refractivity contribution in [1.29, 1.82) is 0 Å². The van der Waals surface area contributed by atoms with Crippen LogP contribution in [0.25, 0.3) is 0 Å². The van der Waals surface area contributed by atoms with Gasteiger partial charge in [0.15, 0.2) is 0 Å². The van der Waals surface area contributed by atoms with Gasteiger partial charge in [-0.25, -0.2) is 0 Å². The zero-order valence-electron chi connectivity index (χ0n) is 7.88. The maximum Gasteiger partial charge on any atom is 0.242 e.